The minimum atomic E-state index is -0.777. The van der Waals surface area contributed by atoms with E-state index in [1.165, 1.54) is 24.3 Å². The first kappa shape index (κ1) is 32.5. The van der Waals surface area contributed by atoms with E-state index in [1.807, 2.05) is 13.8 Å². The number of ether oxygens (including phenoxy) is 1. The van der Waals surface area contributed by atoms with Crippen molar-refractivity contribution in [2.45, 2.75) is 39.7 Å². The van der Waals surface area contributed by atoms with Crippen LogP contribution in [0.15, 0.2) is 53.8 Å². The van der Waals surface area contributed by atoms with Crippen LogP contribution in [-0.4, -0.2) is 75.6 Å². The lowest BCUT2D eigenvalue weighted by Crippen LogP contribution is -2.57. The largest absolute Gasteiger partial charge is 0.507 e. The Morgan fingerprint density at radius 2 is 1.98 bits per heavy atom. The number of aromatic nitrogens is 2. The van der Waals surface area contributed by atoms with Crippen molar-refractivity contribution >= 4 is 40.5 Å². The summed E-state index contributed by atoms with van der Waals surface area (Å²) in [7, 11) is 3.37. The van der Waals surface area contributed by atoms with Gasteiger partial charge in [-0.3, -0.25) is 14.4 Å². The van der Waals surface area contributed by atoms with E-state index in [2.05, 4.69) is 13.2 Å². The molecule has 0 aliphatic carbocycles. The summed E-state index contributed by atoms with van der Waals surface area (Å²) in [5.41, 5.74) is 1.34. The molecule has 1 N–H and O–H groups in total. The zero-order chi connectivity index (χ0) is 32.6. The predicted octanol–water partition coefficient (Wildman–Crippen LogP) is 5.19. The molecular weight excluding hydrogens is 589 g/mol. The molecule has 2 amide bonds. The number of pyridine rings is 2. The zero-order valence-electron chi connectivity index (χ0n) is 25.8. The summed E-state index contributed by atoms with van der Waals surface area (Å²) in [5.74, 6) is -1.99. The monoisotopic (exact) mass is 625 g/mol. The summed E-state index contributed by atoms with van der Waals surface area (Å²) in [4.78, 5) is 49.1. The Bertz CT molecular complexity index is 1670. The molecule has 44 heavy (non-hydrogen) atoms. The van der Waals surface area contributed by atoms with Gasteiger partial charge in [-0.1, -0.05) is 44.7 Å². The Morgan fingerprint density at radius 1 is 1.30 bits per heavy atom. The van der Waals surface area contributed by atoms with Gasteiger partial charge < -0.3 is 29.1 Å². The first-order valence-electron chi connectivity index (χ1n) is 14.2. The van der Waals surface area contributed by atoms with Gasteiger partial charge in [0, 0.05) is 45.5 Å². The summed E-state index contributed by atoms with van der Waals surface area (Å²) >= 11 is 6.86. The molecule has 0 bridgehead atoms. The van der Waals surface area contributed by atoms with Crippen LogP contribution in [0.25, 0.3) is 5.57 Å². The highest BCUT2D eigenvalue weighted by Gasteiger charge is 2.41. The number of amides is 2. The first-order valence-corrected chi connectivity index (χ1v) is 14.5. The van der Waals surface area contributed by atoms with Gasteiger partial charge in [0.2, 0.25) is 5.91 Å². The van der Waals surface area contributed by atoms with Crippen LogP contribution in [0.1, 0.15) is 54.0 Å². The smallest absolute Gasteiger partial charge is 0.261 e. The highest BCUT2D eigenvalue weighted by Crippen LogP contribution is 2.46. The fraction of sp³-hybridized carbons (Fsp3) is 0.375. The van der Waals surface area contributed by atoms with Gasteiger partial charge in [0.15, 0.2) is 5.75 Å². The van der Waals surface area contributed by atoms with E-state index in [0.717, 1.165) is 6.92 Å². The van der Waals surface area contributed by atoms with Gasteiger partial charge in [0.1, 0.15) is 40.3 Å². The Kier molecular flexibility index (Phi) is 9.39. The number of hydrogen-bond acceptors (Lipinski definition) is 7. The number of hydrogen-bond donors (Lipinski definition) is 1. The van der Waals surface area contributed by atoms with Crippen LogP contribution in [0.2, 0.25) is 5.02 Å². The first-order chi connectivity index (χ1) is 20.7. The third-order valence-electron chi connectivity index (χ3n) is 7.90. The van der Waals surface area contributed by atoms with Crippen molar-refractivity contribution in [1.82, 2.24) is 19.4 Å². The molecule has 12 heteroatoms. The molecule has 10 nitrogen and oxygen atoms in total. The standard InChI is InChI=1S/C32H37ClFN5O5/c1-9-11-21(40)24(19(6)34)27-26(33)30-25(32(43)39-13-12-38(22(41)10-2)15-20(39)16-44-30)31(35-27)37(8)29-18(5)14-23(42)36(7)28(29)17(3)4/h9-11,14,17,20,40H,1-2,12-13,15-16H2,3-8H3/b21-11+,24-19-/t20-/m1/s1. The van der Waals surface area contributed by atoms with Crippen LogP contribution < -0.4 is 15.2 Å². The van der Waals surface area contributed by atoms with Crippen molar-refractivity contribution in [1.29, 1.82) is 0 Å². The molecule has 234 valence electrons. The van der Waals surface area contributed by atoms with Crippen molar-refractivity contribution in [2.75, 3.05) is 38.2 Å². The quantitative estimate of drug-likeness (QED) is 0.256. The molecule has 0 unspecified atom stereocenters. The number of rotatable bonds is 7. The molecule has 1 fully saturated rings. The van der Waals surface area contributed by atoms with Gasteiger partial charge in [0.05, 0.1) is 17.3 Å². The number of carbonyl (C=O) groups excluding carboxylic acids is 2. The van der Waals surface area contributed by atoms with Gasteiger partial charge >= 0.3 is 0 Å². The second kappa shape index (κ2) is 12.7. The van der Waals surface area contributed by atoms with Gasteiger partial charge in [-0.25, -0.2) is 9.37 Å². The van der Waals surface area contributed by atoms with E-state index in [9.17, 15) is 19.5 Å². The molecule has 0 aromatic carbocycles. The molecule has 1 atom stereocenters. The van der Waals surface area contributed by atoms with E-state index in [4.69, 9.17) is 21.3 Å². The van der Waals surface area contributed by atoms with Gasteiger partial charge in [-0.2, -0.15) is 0 Å². The van der Waals surface area contributed by atoms with Crippen molar-refractivity contribution < 1.29 is 23.8 Å². The number of aliphatic hydroxyl groups excluding tert-OH is 1. The van der Waals surface area contributed by atoms with Crippen LogP contribution in [0.4, 0.5) is 15.9 Å². The normalized spacial score (nSPS) is 17.3. The van der Waals surface area contributed by atoms with E-state index >= 15 is 4.39 Å². The number of halogens is 2. The summed E-state index contributed by atoms with van der Waals surface area (Å²) in [6.07, 6.45) is 3.72. The minimum absolute atomic E-state index is 0.00969. The van der Waals surface area contributed by atoms with E-state index in [1.54, 1.807) is 40.3 Å². The summed E-state index contributed by atoms with van der Waals surface area (Å²) in [6, 6.07) is 0.982. The molecule has 2 aliphatic heterocycles. The Morgan fingerprint density at radius 3 is 2.57 bits per heavy atom. The van der Waals surface area contributed by atoms with E-state index < -0.39 is 23.5 Å². The Labute approximate surface area is 261 Å². The van der Waals surface area contributed by atoms with Crippen LogP contribution in [-0.2, 0) is 11.8 Å². The number of fused-ring (bicyclic) bond motifs is 2. The Balaban J connectivity index is 2.05. The van der Waals surface area contributed by atoms with Crippen molar-refractivity contribution in [3.63, 3.8) is 0 Å². The zero-order valence-corrected chi connectivity index (χ0v) is 26.5. The summed E-state index contributed by atoms with van der Waals surface area (Å²) < 4.78 is 22.9. The number of allylic oxidation sites excluding steroid dienone is 4. The fourth-order valence-corrected chi connectivity index (χ4v) is 6.16. The second-order valence-corrected chi connectivity index (χ2v) is 11.5. The van der Waals surface area contributed by atoms with Crippen molar-refractivity contribution in [3.05, 3.63) is 86.9 Å². The highest BCUT2D eigenvalue weighted by molar-refractivity contribution is 6.34. The molecule has 2 aromatic rings. The highest BCUT2D eigenvalue weighted by atomic mass is 35.5. The van der Waals surface area contributed by atoms with Crippen molar-refractivity contribution in [2.24, 2.45) is 7.05 Å². The average molecular weight is 626 g/mol. The molecule has 0 saturated carbocycles. The number of carbonyl (C=O) groups is 2. The number of piperazine rings is 1. The topological polar surface area (TPSA) is 108 Å². The van der Waals surface area contributed by atoms with Gasteiger partial charge in [0.25, 0.3) is 11.5 Å². The maximum atomic E-state index is 15.1. The van der Waals surface area contributed by atoms with Gasteiger partial charge in [-0.15, -0.1) is 0 Å². The lowest BCUT2D eigenvalue weighted by atomic mass is 10.0. The lowest BCUT2D eigenvalue weighted by Gasteiger charge is -2.39. The number of nitrogens with zero attached hydrogens (tertiary/aromatic N) is 5. The predicted molar refractivity (Wildman–Crippen MR) is 170 cm³/mol. The number of anilines is 2. The fourth-order valence-electron chi connectivity index (χ4n) is 5.87. The van der Waals surface area contributed by atoms with E-state index in [-0.39, 0.29) is 70.5 Å². The molecule has 0 radical (unpaired) electrons. The molecule has 4 rings (SSSR count). The van der Waals surface area contributed by atoms with Crippen LogP contribution in [0.3, 0.4) is 0 Å². The minimum Gasteiger partial charge on any atom is -0.507 e. The molecule has 1 saturated heterocycles. The van der Waals surface area contributed by atoms with Gasteiger partial charge in [-0.05, 0) is 37.5 Å². The average Bonchev–Trinajstić information content (AvgIpc) is 3.11. The van der Waals surface area contributed by atoms with E-state index in [0.29, 0.717) is 23.5 Å². The third-order valence-corrected chi connectivity index (χ3v) is 8.25. The lowest BCUT2D eigenvalue weighted by molar-refractivity contribution is -0.128. The molecule has 2 aliphatic rings. The maximum absolute atomic E-state index is 15.1. The van der Waals surface area contributed by atoms with Crippen LogP contribution >= 0.6 is 11.6 Å². The second-order valence-electron chi connectivity index (χ2n) is 11.1. The summed E-state index contributed by atoms with van der Waals surface area (Å²) in [6.45, 7) is 14.7. The number of aliphatic hydroxyl groups is 1. The maximum Gasteiger partial charge on any atom is 0.261 e. The summed E-state index contributed by atoms with van der Waals surface area (Å²) in [5, 5.41) is 10.6. The SMILES string of the molecule is C=C/C=C(O)\C(=C(/C)F)c1nc(N(C)c2c(C)cc(=O)n(C)c2C(C)C)c2c(c1Cl)OC[C@H]1CN(C(=O)C=C)CCN1C2=O. The third kappa shape index (κ3) is 5.63. The molecule has 0 spiro atoms. The molecule has 2 aromatic heterocycles. The number of aryl methyl sites for hydroxylation is 1. The van der Waals surface area contributed by atoms with Crippen molar-refractivity contribution in [3.8, 4) is 5.75 Å². The van der Waals surface area contributed by atoms with Crippen LogP contribution in [0.5, 0.6) is 5.75 Å². The Hall–Kier alpha value is -4.38. The van der Waals surface area contributed by atoms with Crippen LogP contribution in [0, 0.1) is 6.92 Å². The molecule has 4 heterocycles. The molecular formula is C32H37ClFN5O5.